The monoisotopic (exact) mass is 332 g/mol. The number of hydrogen-bond donors (Lipinski definition) is 1. The fraction of sp³-hybridized carbons (Fsp3) is 0.700. The van der Waals surface area contributed by atoms with Gasteiger partial charge < -0.3 is 14.7 Å². The van der Waals surface area contributed by atoms with Gasteiger partial charge in [0, 0.05) is 43.9 Å². The fourth-order valence-electron chi connectivity index (χ4n) is 4.32. The Morgan fingerprint density at radius 2 is 2.04 bits per heavy atom. The summed E-state index contributed by atoms with van der Waals surface area (Å²) in [6.45, 7) is 9.33. The molecule has 0 aliphatic carbocycles. The van der Waals surface area contributed by atoms with E-state index < -0.39 is 0 Å². The van der Waals surface area contributed by atoms with Crippen molar-refractivity contribution in [2.24, 2.45) is 5.41 Å². The lowest BCUT2D eigenvalue weighted by Gasteiger charge is -2.42. The first kappa shape index (κ1) is 17.7. The number of ether oxygens (including phenoxy) is 1. The van der Waals surface area contributed by atoms with Crippen molar-refractivity contribution in [1.29, 1.82) is 0 Å². The van der Waals surface area contributed by atoms with Crippen molar-refractivity contribution >= 4 is 5.69 Å². The Morgan fingerprint density at radius 1 is 1.21 bits per heavy atom. The predicted octanol–water partition coefficient (Wildman–Crippen LogP) is 2.90. The highest BCUT2D eigenvalue weighted by atomic mass is 16.5. The second kappa shape index (κ2) is 8.32. The minimum Gasteiger partial charge on any atom is -0.396 e. The third-order valence-corrected chi connectivity index (χ3v) is 5.55. The van der Waals surface area contributed by atoms with Gasteiger partial charge in [0.15, 0.2) is 0 Å². The van der Waals surface area contributed by atoms with Crippen LogP contribution in [0.15, 0.2) is 24.3 Å². The quantitative estimate of drug-likeness (QED) is 0.869. The van der Waals surface area contributed by atoms with Crippen molar-refractivity contribution < 1.29 is 9.84 Å². The largest absolute Gasteiger partial charge is 0.396 e. The van der Waals surface area contributed by atoms with Crippen LogP contribution in [0.2, 0.25) is 0 Å². The molecule has 0 amide bonds. The van der Waals surface area contributed by atoms with Crippen LogP contribution in [0.4, 0.5) is 5.69 Å². The van der Waals surface area contributed by atoms with Crippen molar-refractivity contribution in [2.45, 2.75) is 39.2 Å². The van der Waals surface area contributed by atoms with Crippen LogP contribution in [0.3, 0.4) is 0 Å². The maximum atomic E-state index is 9.93. The molecular formula is C20H32N2O2. The Bertz CT molecular complexity index is 512. The molecule has 1 N–H and O–H groups in total. The average Bonchev–Trinajstić information content (AvgIpc) is 2.63. The van der Waals surface area contributed by atoms with E-state index in [0.29, 0.717) is 6.61 Å². The van der Waals surface area contributed by atoms with Gasteiger partial charge in [-0.1, -0.05) is 25.5 Å². The number of nitrogens with zero attached hydrogens (tertiary/aromatic N) is 2. The second-order valence-electron chi connectivity index (χ2n) is 7.49. The number of hydrogen-bond acceptors (Lipinski definition) is 4. The van der Waals surface area contributed by atoms with Gasteiger partial charge in [-0.15, -0.1) is 0 Å². The van der Waals surface area contributed by atoms with Gasteiger partial charge in [0.05, 0.1) is 13.2 Å². The first-order valence-corrected chi connectivity index (χ1v) is 9.49. The highest BCUT2D eigenvalue weighted by Gasteiger charge is 2.34. The summed E-state index contributed by atoms with van der Waals surface area (Å²) in [6.07, 6.45) is 4.65. The second-order valence-corrected chi connectivity index (χ2v) is 7.49. The lowest BCUT2D eigenvalue weighted by atomic mass is 9.77. The SMILES string of the molecule is CCC[C@]1(CO)CCCN(Cc2cccc(N3CCOCC3)c2)C1. The van der Waals surface area contributed by atoms with E-state index in [1.807, 2.05) is 0 Å². The van der Waals surface area contributed by atoms with Gasteiger partial charge in [-0.3, -0.25) is 4.90 Å². The van der Waals surface area contributed by atoms with E-state index in [1.165, 1.54) is 24.1 Å². The minimum absolute atomic E-state index is 0.120. The van der Waals surface area contributed by atoms with Gasteiger partial charge in [0.25, 0.3) is 0 Å². The predicted molar refractivity (Wildman–Crippen MR) is 98.4 cm³/mol. The van der Waals surface area contributed by atoms with E-state index >= 15 is 0 Å². The molecule has 0 bridgehead atoms. The lowest BCUT2D eigenvalue weighted by molar-refractivity contribution is 0.0216. The number of aliphatic hydroxyl groups is 1. The van der Waals surface area contributed by atoms with E-state index in [2.05, 4.69) is 41.0 Å². The zero-order valence-corrected chi connectivity index (χ0v) is 15.0. The van der Waals surface area contributed by atoms with Crippen LogP contribution in [0, 0.1) is 5.41 Å². The number of morpholine rings is 1. The molecule has 4 nitrogen and oxygen atoms in total. The zero-order chi connectivity index (χ0) is 16.8. The third-order valence-electron chi connectivity index (χ3n) is 5.55. The standard InChI is InChI=1S/C20H32N2O2/c1-2-7-20(17-23)8-4-9-21(16-20)15-18-5-3-6-19(14-18)22-10-12-24-13-11-22/h3,5-6,14,23H,2,4,7-13,15-17H2,1H3/t20-/m0/s1. The zero-order valence-electron chi connectivity index (χ0n) is 15.0. The van der Waals surface area contributed by atoms with E-state index in [0.717, 1.165) is 58.8 Å². The molecule has 2 saturated heterocycles. The van der Waals surface area contributed by atoms with E-state index in [1.54, 1.807) is 0 Å². The molecule has 2 aliphatic rings. The third kappa shape index (κ3) is 4.29. The molecule has 134 valence electrons. The first-order chi connectivity index (χ1) is 11.7. The number of likely N-dealkylation sites (tertiary alicyclic amines) is 1. The maximum Gasteiger partial charge on any atom is 0.0642 e. The van der Waals surface area contributed by atoms with Gasteiger partial charge in [-0.05, 0) is 43.5 Å². The summed E-state index contributed by atoms with van der Waals surface area (Å²) in [5, 5.41) is 9.93. The van der Waals surface area contributed by atoms with Gasteiger partial charge in [0.1, 0.15) is 0 Å². The summed E-state index contributed by atoms with van der Waals surface area (Å²) in [5.41, 5.74) is 2.81. The maximum absolute atomic E-state index is 9.93. The molecule has 1 aromatic rings. The van der Waals surface area contributed by atoms with Gasteiger partial charge in [-0.2, -0.15) is 0 Å². The Morgan fingerprint density at radius 3 is 2.79 bits per heavy atom. The Labute approximate surface area is 146 Å². The van der Waals surface area contributed by atoms with Crippen LogP contribution in [0.1, 0.15) is 38.2 Å². The van der Waals surface area contributed by atoms with Crippen molar-refractivity contribution in [3.05, 3.63) is 29.8 Å². The highest BCUT2D eigenvalue weighted by molar-refractivity contribution is 5.48. The van der Waals surface area contributed by atoms with Crippen molar-refractivity contribution in [3.8, 4) is 0 Å². The molecule has 2 fully saturated rings. The minimum atomic E-state index is 0.120. The van der Waals surface area contributed by atoms with Crippen LogP contribution in [-0.4, -0.2) is 56.0 Å². The average molecular weight is 332 g/mol. The van der Waals surface area contributed by atoms with Gasteiger partial charge in [-0.25, -0.2) is 0 Å². The first-order valence-electron chi connectivity index (χ1n) is 9.49. The van der Waals surface area contributed by atoms with E-state index in [-0.39, 0.29) is 5.41 Å². The van der Waals surface area contributed by atoms with Crippen LogP contribution < -0.4 is 4.90 Å². The normalized spacial score (nSPS) is 25.8. The van der Waals surface area contributed by atoms with Crippen molar-refractivity contribution in [1.82, 2.24) is 4.90 Å². The van der Waals surface area contributed by atoms with Crippen molar-refractivity contribution in [2.75, 3.05) is 50.9 Å². The molecule has 4 heteroatoms. The molecule has 0 unspecified atom stereocenters. The van der Waals surface area contributed by atoms with E-state index in [9.17, 15) is 5.11 Å². The van der Waals surface area contributed by atoms with Crippen molar-refractivity contribution in [3.63, 3.8) is 0 Å². The number of aliphatic hydroxyl groups excluding tert-OH is 1. The number of anilines is 1. The van der Waals surface area contributed by atoms with Gasteiger partial charge in [0.2, 0.25) is 0 Å². The summed E-state index contributed by atoms with van der Waals surface area (Å²) in [5.74, 6) is 0. The summed E-state index contributed by atoms with van der Waals surface area (Å²) >= 11 is 0. The highest BCUT2D eigenvalue weighted by Crippen LogP contribution is 2.34. The molecule has 1 atom stereocenters. The fourth-order valence-corrected chi connectivity index (χ4v) is 4.32. The molecule has 24 heavy (non-hydrogen) atoms. The molecule has 0 saturated carbocycles. The molecule has 0 radical (unpaired) electrons. The van der Waals surface area contributed by atoms with Crippen LogP contribution in [0.25, 0.3) is 0 Å². The van der Waals surface area contributed by atoms with Gasteiger partial charge >= 0.3 is 0 Å². The number of rotatable bonds is 6. The Kier molecular flexibility index (Phi) is 6.14. The summed E-state index contributed by atoms with van der Waals surface area (Å²) in [4.78, 5) is 4.95. The Hall–Kier alpha value is -1.10. The Balaban J connectivity index is 1.64. The lowest BCUT2D eigenvalue weighted by Crippen LogP contribution is -2.44. The van der Waals surface area contributed by atoms with Crippen LogP contribution >= 0.6 is 0 Å². The number of piperidine rings is 1. The van der Waals surface area contributed by atoms with Crippen LogP contribution in [0.5, 0.6) is 0 Å². The molecular weight excluding hydrogens is 300 g/mol. The smallest absolute Gasteiger partial charge is 0.0642 e. The molecule has 3 rings (SSSR count). The summed E-state index contributed by atoms with van der Waals surface area (Å²) < 4.78 is 5.46. The molecule has 0 spiro atoms. The molecule has 1 aromatic carbocycles. The molecule has 0 aromatic heterocycles. The van der Waals surface area contributed by atoms with Crippen LogP contribution in [-0.2, 0) is 11.3 Å². The molecule has 2 heterocycles. The summed E-state index contributed by atoms with van der Waals surface area (Å²) in [7, 11) is 0. The van der Waals surface area contributed by atoms with E-state index in [4.69, 9.17) is 4.74 Å². The molecule has 2 aliphatic heterocycles. The number of benzene rings is 1. The topological polar surface area (TPSA) is 35.9 Å². The summed E-state index contributed by atoms with van der Waals surface area (Å²) in [6, 6.07) is 8.95.